The summed E-state index contributed by atoms with van der Waals surface area (Å²) in [5, 5.41) is 2.17. The fraction of sp³-hybridized carbons (Fsp3) is 0.276. The molecule has 0 atom stereocenters. The third kappa shape index (κ3) is 4.67. The van der Waals surface area contributed by atoms with Crippen molar-refractivity contribution >= 4 is 10.8 Å². The first-order valence-electron chi connectivity index (χ1n) is 12.1. The molecule has 6 nitrogen and oxygen atoms in total. The molecule has 3 heterocycles. The van der Waals surface area contributed by atoms with E-state index in [-0.39, 0.29) is 23.8 Å². The number of para-hydroxylation sites is 1. The van der Waals surface area contributed by atoms with Gasteiger partial charge in [-0.15, -0.1) is 0 Å². The fourth-order valence-corrected chi connectivity index (χ4v) is 4.79. The summed E-state index contributed by atoms with van der Waals surface area (Å²) in [6.45, 7) is 2.45. The maximum atomic E-state index is 6.28. The SMILES string of the molecule is COc1ccc2cc3[n+](cc2c1OCCCCOc1ccccc1)CCc1cc2c(cc1-3)OCO2.[Br-]. The Morgan fingerprint density at radius 3 is 2.47 bits per heavy atom. The molecule has 1 aromatic heterocycles. The van der Waals surface area contributed by atoms with E-state index in [2.05, 4.69) is 35.0 Å². The van der Waals surface area contributed by atoms with Gasteiger partial charge in [-0.2, -0.15) is 4.57 Å². The minimum absolute atomic E-state index is 0. The van der Waals surface area contributed by atoms with Crippen LogP contribution < -0.4 is 45.2 Å². The van der Waals surface area contributed by atoms with E-state index < -0.39 is 0 Å². The first kappa shape index (κ1) is 24.3. The van der Waals surface area contributed by atoms with Crippen molar-refractivity contribution < 1.29 is 45.2 Å². The molecule has 36 heavy (non-hydrogen) atoms. The Bertz CT molecular complexity index is 1380. The summed E-state index contributed by atoms with van der Waals surface area (Å²) >= 11 is 0. The van der Waals surface area contributed by atoms with Crippen LogP contribution in [0.1, 0.15) is 18.4 Å². The summed E-state index contributed by atoms with van der Waals surface area (Å²) in [4.78, 5) is 0. The minimum atomic E-state index is 0. The van der Waals surface area contributed by atoms with E-state index >= 15 is 0 Å². The van der Waals surface area contributed by atoms with Gasteiger partial charge in [0.15, 0.2) is 35.7 Å². The normalized spacial score (nSPS) is 12.9. The summed E-state index contributed by atoms with van der Waals surface area (Å²) in [6.07, 6.45) is 4.94. The smallest absolute Gasteiger partial charge is 0.231 e. The quantitative estimate of drug-likeness (QED) is 0.249. The van der Waals surface area contributed by atoms with Crippen LogP contribution in [-0.2, 0) is 13.0 Å². The summed E-state index contributed by atoms with van der Waals surface area (Å²) in [5.41, 5.74) is 3.65. The second kappa shape index (κ2) is 10.7. The Kier molecular flexibility index (Phi) is 7.18. The van der Waals surface area contributed by atoms with Crippen molar-refractivity contribution in [2.24, 2.45) is 0 Å². The molecule has 186 valence electrons. The zero-order chi connectivity index (χ0) is 23.6. The molecule has 2 aliphatic rings. The van der Waals surface area contributed by atoms with Crippen LogP contribution >= 0.6 is 0 Å². The van der Waals surface area contributed by atoms with Gasteiger partial charge in [-0.25, -0.2) is 0 Å². The monoisotopic (exact) mass is 549 g/mol. The summed E-state index contributed by atoms with van der Waals surface area (Å²) < 4.78 is 31.2. The zero-order valence-electron chi connectivity index (χ0n) is 20.2. The number of benzene rings is 3. The number of aryl methyl sites for hydroxylation is 2. The number of halogens is 1. The van der Waals surface area contributed by atoms with Crippen molar-refractivity contribution in [3.8, 4) is 40.0 Å². The first-order valence-corrected chi connectivity index (χ1v) is 12.1. The molecule has 0 radical (unpaired) electrons. The van der Waals surface area contributed by atoms with Gasteiger partial charge in [-0.3, -0.25) is 0 Å². The molecule has 4 aromatic rings. The van der Waals surface area contributed by atoms with Crippen LogP contribution in [0.4, 0.5) is 0 Å². The number of hydrogen-bond acceptors (Lipinski definition) is 5. The Morgan fingerprint density at radius 2 is 1.67 bits per heavy atom. The van der Waals surface area contributed by atoms with Gasteiger partial charge in [-0.1, -0.05) is 18.2 Å². The first-order chi connectivity index (χ1) is 17.3. The molecule has 0 unspecified atom stereocenters. The molecule has 0 saturated heterocycles. The number of nitrogens with zero attached hydrogens (tertiary/aromatic N) is 1. The van der Waals surface area contributed by atoms with Crippen LogP contribution in [0.2, 0.25) is 0 Å². The highest BCUT2D eigenvalue weighted by molar-refractivity contribution is 5.91. The zero-order valence-corrected chi connectivity index (χ0v) is 21.8. The van der Waals surface area contributed by atoms with Crippen molar-refractivity contribution in [2.75, 3.05) is 27.1 Å². The third-order valence-electron chi connectivity index (χ3n) is 6.59. The molecule has 0 fully saturated rings. The molecule has 6 rings (SSSR count). The van der Waals surface area contributed by atoms with E-state index in [1.54, 1.807) is 7.11 Å². The lowest BCUT2D eigenvalue weighted by Gasteiger charge is -2.18. The maximum absolute atomic E-state index is 6.28. The maximum Gasteiger partial charge on any atom is 0.231 e. The fourth-order valence-electron chi connectivity index (χ4n) is 4.79. The molecule has 0 amide bonds. The highest BCUT2D eigenvalue weighted by Crippen LogP contribution is 2.41. The lowest BCUT2D eigenvalue weighted by atomic mass is 9.95. The van der Waals surface area contributed by atoms with Crippen molar-refractivity contribution in [1.29, 1.82) is 0 Å². The molecular formula is C29H28BrNO5. The predicted octanol–water partition coefficient (Wildman–Crippen LogP) is 2.33. The van der Waals surface area contributed by atoms with Crippen molar-refractivity contribution in [2.45, 2.75) is 25.8 Å². The van der Waals surface area contributed by atoms with Gasteiger partial charge in [0.1, 0.15) is 5.75 Å². The van der Waals surface area contributed by atoms with Gasteiger partial charge >= 0.3 is 0 Å². The second-order valence-electron chi connectivity index (χ2n) is 8.78. The Balaban J connectivity index is 0.00000267. The average Bonchev–Trinajstić information content (AvgIpc) is 3.36. The van der Waals surface area contributed by atoms with Gasteiger partial charge in [0.2, 0.25) is 12.5 Å². The van der Waals surface area contributed by atoms with E-state index in [9.17, 15) is 0 Å². The number of ether oxygens (including phenoxy) is 5. The predicted molar refractivity (Wildman–Crippen MR) is 133 cm³/mol. The molecule has 0 spiro atoms. The lowest BCUT2D eigenvalue weighted by Crippen LogP contribution is -3.00. The van der Waals surface area contributed by atoms with Crippen molar-refractivity contribution in [3.05, 3.63) is 72.4 Å². The Labute approximate surface area is 221 Å². The minimum Gasteiger partial charge on any atom is -1.00 e. The number of methoxy groups -OCH3 is 1. The van der Waals surface area contributed by atoms with Crippen LogP contribution in [0.3, 0.4) is 0 Å². The number of fused-ring (bicyclic) bond motifs is 5. The van der Waals surface area contributed by atoms with Crippen molar-refractivity contribution in [1.82, 2.24) is 0 Å². The van der Waals surface area contributed by atoms with Crippen LogP contribution in [-0.4, -0.2) is 27.1 Å². The van der Waals surface area contributed by atoms with E-state index in [4.69, 9.17) is 23.7 Å². The summed E-state index contributed by atoms with van der Waals surface area (Å²) in [5.74, 6) is 4.09. The van der Waals surface area contributed by atoms with E-state index in [1.807, 2.05) is 36.4 Å². The standard InChI is InChI=1S/C29H28NO5.BrH/c1-31-26-10-9-20-15-25-23-17-28-27(34-19-35-28)16-21(23)11-12-30(25)18-24(20)29(26)33-14-6-5-13-32-22-7-3-2-4-8-22;/h2-4,7-10,15-18H,5-6,11-14,19H2,1H3;1H/q+1;/p-1. The molecule has 0 aliphatic carbocycles. The van der Waals surface area contributed by atoms with Gasteiger partial charge in [-0.05, 0) is 60.2 Å². The second-order valence-corrected chi connectivity index (χ2v) is 8.78. The van der Waals surface area contributed by atoms with Crippen LogP contribution in [0, 0.1) is 0 Å². The average molecular weight is 550 g/mol. The Hall–Kier alpha value is -3.45. The van der Waals surface area contributed by atoms with Crippen LogP contribution in [0.25, 0.3) is 22.0 Å². The molecular weight excluding hydrogens is 522 g/mol. The summed E-state index contributed by atoms with van der Waals surface area (Å²) in [7, 11) is 1.69. The molecule has 7 heteroatoms. The van der Waals surface area contributed by atoms with E-state index in [0.717, 1.165) is 65.3 Å². The van der Waals surface area contributed by atoms with Gasteiger partial charge in [0.05, 0.1) is 31.3 Å². The van der Waals surface area contributed by atoms with Crippen LogP contribution in [0.15, 0.2) is 66.9 Å². The summed E-state index contributed by atoms with van der Waals surface area (Å²) in [6, 6.07) is 20.4. The molecule has 0 N–H and O–H groups in total. The van der Waals surface area contributed by atoms with Crippen LogP contribution in [0.5, 0.6) is 28.7 Å². The van der Waals surface area contributed by atoms with Gasteiger partial charge in [0.25, 0.3) is 0 Å². The van der Waals surface area contributed by atoms with Gasteiger partial charge < -0.3 is 40.7 Å². The molecule has 2 aliphatic heterocycles. The molecule has 3 aromatic carbocycles. The number of unbranched alkanes of at least 4 members (excludes halogenated alkanes) is 1. The number of aromatic nitrogens is 1. The highest BCUT2D eigenvalue weighted by atomic mass is 79.9. The van der Waals surface area contributed by atoms with Gasteiger partial charge in [0, 0.05) is 12.5 Å². The number of pyridine rings is 1. The number of hydrogen-bond donors (Lipinski definition) is 0. The third-order valence-corrected chi connectivity index (χ3v) is 6.59. The molecule has 0 bridgehead atoms. The van der Waals surface area contributed by atoms with Crippen molar-refractivity contribution in [3.63, 3.8) is 0 Å². The highest BCUT2D eigenvalue weighted by Gasteiger charge is 2.28. The topological polar surface area (TPSA) is 50.0 Å². The Morgan fingerprint density at radius 1 is 0.889 bits per heavy atom. The van der Waals surface area contributed by atoms with E-state index in [0.29, 0.717) is 13.2 Å². The number of rotatable bonds is 8. The molecule has 0 saturated carbocycles. The lowest BCUT2D eigenvalue weighted by molar-refractivity contribution is -0.686. The largest absolute Gasteiger partial charge is 1.00 e. The van der Waals surface area contributed by atoms with E-state index in [1.165, 1.54) is 16.8 Å².